The van der Waals surface area contributed by atoms with Gasteiger partial charge in [0.15, 0.2) is 0 Å². The number of carbonyl (C=O) groups excluding carboxylic acids is 1. The van der Waals surface area contributed by atoms with Crippen molar-refractivity contribution in [1.82, 2.24) is 0 Å². The monoisotopic (exact) mass is 195 g/mol. The van der Waals surface area contributed by atoms with Crippen molar-refractivity contribution in [2.45, 2.75) is 33.1 Å². The van der Waals surface area contributed by atoms with E-state index in [0.717, 1.165) is 12.8 Å². The molecular formula is C10H17N3O. The smallest absolute Gasteiger partial charge is 0.135 e. The molecule has 1 saturated carbocycles. The first-order valence-corrected chi connectivity index (χ1v) is 5.18. The molecule has 0 saturated heterocycles. The Kier molecular flexibility index (Phi) is 3.96. The summed E-state index contributed by atoms with van der Waals surface area (Å²) in [6, 6.07) is 0. The zero-order valence-corrected chi connectivity index (χ0v) is 8.81. The molecule has 1 fully saturated rings. The highest BCUT2D eigenvalue weighted by atomic mass is 16.1. The molecule has 4 nitrogen and oxygen atoms in total. The molecule has 0 aliphatic heterocycles. The summed E-state index contributed by atoms with van der Waals surface area (Å²) in [4.78, 5) is 14.2. The maximum absolute atomic E-state index is 11.5. The lowest BCUT2D eigenvalue weighted by molar-refractivity contribution is -0.125. The van der Waals surface area contributed by atoms with Crippen molar-refractivity contribution in [3.63, 3.8) is 0 Å². The molecule has 0 amide bonds. The zero-order valence-electron chi connectivity index (χ0n) is 8.81. The lowest BCUT2D eigenvalue weighted by atomic mass is 9.76. The molecule has 14 heavy (non-hydrogen) atoms. The van der Waals surface area contributed by atoms with Crippen LogP contribution < -0.4 is 0 Å². The Labute approximate surface area is 84.3 Å². The maximum atomic E-state index is 11.5. The van der Waals surface area contributed by atoms with E-state index in [0.29, 0.717) is 30.6 Å². The topological polar surface area (TPSA) is 65.8 Å². The van der Waals surface area contributed by atoms with Gasteiger partial charge < -0.3 is 0 Å². The van der Waals surface area contributed by atoms with E-state index in [2.05, 4.69) is 16.9 Å². The van der Waals surface area contributed by atoms with Gasteiger partial charge in [-0.15, -0.1) is 0 Å². The van der Waals surface area contributed by atoms with Gasteiger partial charge in [-0.3, -0.25) is 4.79 Å². The Morgan fingerprint density at radius 2 is 2.36 bits per heavy atom. The van der Waals surface area contributed by atoms with E-state index in [-0.39, 0.29) is 5.92 Å². The summed E-state index contributed by atoms with van der Waals surface area (Å²) in [5.41, 5.74) is 8.20. The van der Waals surface area contributed by atoms with E-state index < -0.39 is 0 Å². The van der Waals surface area contributed by atoms with E-state index in [1.807, 2.05) is 6.92 Å². The molecule has 0 heterocycles. The minimum absolute atomic E-state index is 0.234. The van der Waals surface area contributed by atoms with Crippen LogP contribution in [0.5, 0.6) is 0 Å². The van der Waals surface area contributed by atoms with E-state index >= 15 is 0 Å². The Balaban J connectivity index is 2.45. The summed E-state index contributed by atoms with van der Waals surface area (Å²) < 4.78 is 0. The molecule has 0 aromatic rings. The molecule has 78 valence electrons. The second kappa shape index (κ2) is 5.01. The van der Waals surface area contributed by atoms with Crippen LogP contribution in [0.4, 0.5) is 0 Å². The normalized spacial score (nSPS) is 29.4. The summed E-state index contributed by atoms with van der Waals surface area (Å²) in [5, 5.41) is 3.56. The van der Waals surface area contributed by atoms with Gasteiger partial charge in [-0.05, 0) is 30.2 Å². The van der Waals surface area contributed by atoms with Crippen molar-refractivity contribution in [2.75, 3.05) is 6.54 Å². The van der Waals surface area contributed by atoms with E-state index in [1.165, 1.54) is 0 Å². The van der Waals surface area contributed by atoms with Gasteiger partial charge in [-0.2, -0.15) is 0 Å². The van der Waals surface area contributed by atoms with E-state index in [1.54, 1.807) is 0 Å². The summed E-state index contributed by atoms with van der Waals surface area (Å²) in [5.74, 6) is 1.36. The Hall–Kier alpha value is -1.02. The molecule has 1 aliphatic carbocycles. The van der Waals surface area contributed by atoms with Crippen molar-refractivity contribution in [3.8, 4) is 0 Å². The first-order chi connectivity index (χ1) is 6.65. The lowest BCUT2D eigenvalue weighted by Gasteiger charge is -2.28. The highest BCUT2D eigenvalue weighted by Crippen LogP contribution is 2.31. The fourth-order valence-electron chi connectivity index (χ4n) is 1.99. The predicted molar refractivity (Wildman–Crippen MR) is 54.7 cm³/mol. The Morgan fingerprint density at radius 3 is 2.93 bits per heavy atom. The van der Waals surface area contributed by atoms with Crippen LogP contribution in [-0.2, 0) is 4.79 Å². The van der Waals surface area contributed by atoms with Crippen molar-refractivity contribution in [3.05, 3.63) is 10.4 Å². The average molecular weight is 195 g/mol. The highest BCUT2D eigenvalue weighted by Gasteiger charge is 2.28. The van der Waals surface area contributed by atoms with Crippen LogP contribution in [0.1, 0.15) is 33.1 Å². The largest absolute Gasteiger partial charge is 0.299 e. The van der Waals surface area contributed by atoms with Crippen LogP contribution in [-0.4, -0.2) is 12.3 Å². The number of nitrogens with zero attached hydrogens (tertiary/aromatic N) is 3. The lowest BCUT2D eigenvalue weighted by Crippen LogP contribution is -2.27. The van der Waals surface area contributed by atoms with Crippen molar-refractivity contribution in [1.29, 1.82) is 0 Å². The molecule has 4 heteroatoms. The maximum Gasteiger partial charge on any atom is 0.135 e. The quantitative estimate of drug-likeness (QED) is 0.388. The molecule has 0 spiro atoms. The molecule has 0 aromatic heterocycles. The summed E-state index contributed by atoms with van der Waals surface area (Å²) in [7, 11) is 0. The van der Waals surface area contributed by atoms with Crippen LogP contribution in [0.15, 0.2) is 5.11 Å². The van der Waals surface area contributed by atoms with Gasteiger partial charge >= 0.3 is 0 Å². The second-order valence-corrected chi connectivity index (χ2v) is 4.30. The SMILES string of the molecule is CC(CN=[N+]=[N-])[C@H]1CC[C@H](C)C(=O)C1. The zero-order chi connectivity index (χ0) is 10.6. The van der Waals surface area contributed by atoms with Crippen molar-refractivity contribution >= 4 is 5.78 Å². The fourth-order valence-corrected chi connectivity index (χ4v) is 1.99. The number of ketones is 1. The first kappa shape index (κ1) is 11.1. The molecule has 1 aliphatic rings. The van der Waals surface area contributed by atoms with Crippen LogP contribution in [0, 0.1) is 17.8 Å². The average Bonchev–Trinajstić information content (AvgIpc) is 2.18. The van der Waals surface area contributed by atoms with Crippen molar-refractivity contribution in [2.24, 2.45) is 22.9 Å². The minimum atomic E-state index is 0.234. The molecule has 0 N–H and O–H groups in total. The fraction of sp³-hybridized carbons (Fsp3) is 0.900. The standard InChI is InChI=1S/C10H17N3O/c1-7-3-4-9(5-10(7)14)8(2)6-12-13-11/h7-9H,3-6H2,1-2H3/t7-,8?,9-/m0/s1. The van der Waals surface area contributed by atoms with Gasteiger partial charge in [0.1, 0.15) is 5.78 Å². The molecule has 0 bridgehead atoms. The van der Waals surface area contributed by atoms with E-state index in [9.17, 15) is 4.79 Å². The van der Waals surface area contributed by atoms with Crippen LogP contribution in [0.25, 0.3) is 10.4 Å². The number of carbonyl (C=O) groups is 1. The molecule has 3 atom stereocenters. The highest BCUT2D eigenvalue weighted by molar-refractivity contribution is 5.81. The van der Waals surface area contributed by atoms with Gasteiger partial charge in [0.05, 0.1) is 0 Å². The predicted octanol–water partition coefficient (Wildman–Crippen LogP) is 2.94. The van der Waals surface area contributed by atoms with Gasteiger partial charge in [-0.1, -0.05) is 19.0 Å². The number of azide groups is 1. The van der Waals surface area contributed by atoms with Crippen LogP contribution >= 0.6 is 0 Å². The Bertz CT molecular complexity index is 258. The Morgan fingerprint density at radius 1 is 1.64 bits per heavy atom. The third-order valence-electron chi connectivity index (χ3n) is 3.22. The molecule has 0 radical (unpaired) electrons. The number of rotatable bonds is 3. The van der Waals surface area contributed by atoms with E-state index in [4.69, 9.17) is 5.53 Å². The van der Waals surface area contributed by atoms with Gasteiger partial charge in [0.25, 0.3) is 0 Å². The summed E-state index contributed by atoms with van der Waals surface area (Å²) >= 11 is 0. The molecule has 1 rings (SSSR count). The minimum Gasteiger partial charge on any atom is -0.299 e. The number of hydrogen-bond donors (Lipinski definition) is 0. The van der Waals surface area contributed by atoms with Gasteiger partial charge in [-0.25, -0.2) is 0 Å². The van der Waals surface area contributed by atoms with Crippen LogP contribution in [0.2, 0.25) is 0 Å². The third-order valence-corrected chi connectivity index (χ3v) is 3.22. The van der Waals surface area contributed by atoms with Crippen molar-refractivity contribution < 1.29 is 4.79 Å². The molecule has 1 unspecified atom stereocenters. The first-order valence-electron chi connectivity index (χ1n) is 5.18. The summed E-state index contributed by atoms with van der Waals surface area (Å²) in [6.07, 6.45) is 2.75. The van der Waals surface area contributed by atoms with Crippen LogP contribution in [0.3, 0.4) is 0 Å². The third kappa shape index (κ3) is 2.74. The summed E-state index contributed by atoms with van der Waals surface area (Å²) in [6.45, 7) is 4.57. The van der Waals surface area contributed by atoms with Gasteiger partial charge in [0, 0.05) is 23.8 Å². The van der Waals surface area contributed by atoms with Gasteiger partial charge in [0.2, 0.25) is 0 Å². The number of hydrogen-bond acceptors (Lipinski definition) is 2. The second-order valence-electron chi connectivity index (χ2n) is 4.30. The molecule has 0 aromatic carbocycles. The molecular weight excluding hydrogens is 178 g/mol. The number of Topliss-reactive ketones (excluding diaryl/α,β-unsaturated/α-hetero) is 1.